The van der Waals surface area contributed by atoms with Gasteiger partial charge in [0.2, 0.25) is 0 Å². The second-order valence-electron chi connectivity index (χ2n) is 6.32. The fourth-order valence-electron chi connectivity index (χ4n) is 2.85. The zero-order chi connectivity index (χ0) is 19.4. The number of halogens is 1. The highest BCUT2D eigenvalue weighted by Crippen LogP contribution is 2.45. The second kappa shape index (κ2) is 7.65. The Morgan fingerprint density at radius 2 is 1.81 bits per heavy atom. The van der Waals surface area contributed by atoms with Gasteiger partial charge < -0.3 is 19.9 Å². The van der Waals surface area contributed by atoms with Crippen molar-refractivity contribution >= 4 is 11.9 Å². The van der Waals surface area contributed by atoms with Gasteiger partial charge in [0, 0.05) is 5.56 Å². The Labute approximate surface area is 155 Å². The molecule has 1 aliphatic rings. The van der Waals surface area contributed by atoms with Gasteiger partial charge in [0.1, 0.15) is 5.82 Å². The zero-order valence-electron chi connectivity index (χ0n) is 14.8. The van der Waals surface area contributed by atoms with Crippen molar-refractivity contribution in [3.05, 3.63) is 59.4 Å². The minimum atomic E-state index is -1.10. The van der Waals surface area contributed by atoms with E-state index >= 15 is 0 Å². The number of ether oxygens (including phenoxy) is 2. The maximum absolute atomic E-state index is 13.1. The number of rotatable bonds is 8. The molecule has 2 aromatic carbocycles. The lowest BCUT2D eigenvalue weighted by Crippen LogP contribution is -2.34. The van der Waals surface area contributed by atoms with Gasteiger partial charge in [0.25, 0.3) is 5.91 Å². The fraction of sp³-hybridized carbons (Fsp3) is 0.300. The summed E-state index contributed by atoms with van der Waals surface area (Å²) in [4.78, 5) is 23.4. The average molecular weight is 373 g/mol. The summed E-state index contributed by atoms with van der Waals surface area (Å²) < 4.78 is 23.8. The third kappa shape index (κ3) is 4.36. The highest BCUT2D eigenvalue weighted by molar-refractivity contribution is 5.95. The highest BCUT2D eigenvalue weighted by atomic mass is 19.1. The number of carbonyl (C=O) groups excluding carboxylic acids is 1. The number of hydrogen-bond acceptors (Lipinski definition) is 4. The van der Waals surface area contributed by atoms with E-state index in [9.17, 15) is 14.0 Å². The van der Waals surface area contributed by atoms with Gasteiger partial charge in [-0.25, -0.2) is 9.18 Å². The Balaban J connectivity index is 1.77. The van der Waals surface area contributed by atoms with Crippen LogP contribution in [0.3, 0.4) is 0 Å². The molecule has 1 aliphatic carbocycles. The van der Waals surface area contributed by atoms with Crippen LogP contribution in [0.2, 0.25) is 0 Å². The summed E-state index contributed by atoms with van der Waals surface area (Å²) in [7, 11) is 0. The molecular weight excluding hydrogens is 353 g/mol. The predicted octanol–water partition coefficient (Wildman–Crippen LogP) is 3.11. The van der Waals surface area contributed by atoms with Gasteiger partial charge in [-0.1, -0.05) is 12.1 Å². The Morgan fingerprint density at radius 1 is 1.11 bits per heavy atom. The van der Waals surface area contributed by atoms with Crippen LogP contribution in [0.25, 0.3) is 0 Å². The molecule has 27 heavy (non-hydrogen) atoms. The molecule has 0 saturated heterocycles. The zero-order valence-corrected chi connectivity index (χ0v) is 14.8. The number of benzene rings is 2. The van der Waals surface area contributed by atoms with E-state index in [-0.39, 0.29) is 17.5 Å². The van der Waals surface area contributed by atoms with Crippen LogP contribution in [0.1, 0.15) is 35.7 Å². The van der Waals surface area contributed by atoms with Crippen LogP contribution in [0.4, 0.5) is 4.39 Å². The monoisotopic (exact) mass is 373 g/mol. The van der Waals surface area contributed by atoms with Crippen LogP contribution < -0.4 is 14.8 Å². The van der Waals surface area contributed by atoms with Crippen LogP contribution in [-0.4, -0.2) is 30.2 Å². The van der Waals surface area contributed by atoms with Crippen molar-refractivity contribution < 1.29 is 28.6 Å². The third-order valence-electron chi connectivity index (χ3n) is 4.36. The lowest BCUT2D eigenvalue weighted by Gasteiger charge is -2.19. The minimum Gasteiger partial charge on any atom is -0.490 e. The van der Waals surface area contributed by atoms with E-state index in [1.165, 1.54) is 24.3 Å². The van der Waals surface area contributed by atoms with Gasteiger partial charge in [-0.2, -0.15) is 0 Å². The Morgan fingerprint density at radius 3 is 2.41 bits per heavy atom. The summed E-state index contributed by atoms with van der Waals surface area (Å²) in [5.41, 5.74) is 0.757. The van der Waals surface area contributed by atoms with E-state index in [1.54, 1.807) is 25.1 Å². The highest BCUT2D eigenvalue weighted by Gasteiger charge is 2.45. The number of hydrogen-bond donors (Lipinski definition) is 2. The molecule has 1 amide bonds. The van der Waals surface area contributed by atoms with E-state index in [4.69, 9.17) is 14.6 Å². The van der Waals surface area contributed by atoms with E-state index in [1.807, 2.05) is 0 Å². The molecule has 142 valence electrons. The van der Waals surface area contributed by atoms with Gasteiger partial charge in [-0.3, -0.25) is 4.79 Å². The van der Waals surface area contributed by atoms with Crippen molar-refractivity contribution in [3.8, 4) is 11.5 Å². The quantitative estimate of drug-likeness (QED) is 0.743. The fourth-order valence-corrected chi connectivity index (χ4v) is 2.85. The van der Waals surface area contributed by atoms with Gasteiger partial charge in [-0.15, -0.1) is 0 Å². The van der Waals surface area contributed by atoms with Crippen molar-refractivity contribution in [2.45, 2.75) is 25.3 Å². The normalized spacial score (nSPS) is 14.3. The average Bonchev–Trinajstić information content (AvgIpc) is 3.41. The first kappa shape index (κ1) is 18.7. The van der Waals surface area contributed by atoms with Crippen molar-refractivity contribution in [2.24, 2.45) is 0 Å². The van der Waals surface area contributed by atoms with Crippen LogP contribution in [-0.2, 0) is 10.3 Å². The second-order valence-corrected chi connectivity index (χ2v) is 6.32. The molecule has 2 aromatic rings. The van der Waals surface area contributed by atoms with Gasteiger partial charge in [0.05, 0.1) is 12.1 Å². The van der Waals surface area contributed by atoms with Crippen LogP contribution in [0, 0.1) is 5.82 Å². The first-order valence-corrected chi connectivity index (χ1v) is 8.63. The van der Waals surface area contributed by atoms with Crippen molar-refractivity contribution in [2.75, 3.05) is 13.2 Å². The first-order chi connectivity index (χ1) is 12.9. The molecule has 0 aliphatic heterocycles. The molecule has 1 saturated carbocycles. The summed E-state index contributed by atoms with van der Waals surface area (Å²) in [5, 5.41) is 11.8. The largest absolute Gasteiger partial charge is 0.490 e. The molecule has 0 radical (unpaired) electrons. The molecule has 2 N–H and O–H groups in total. The molecular formula is C20H20FNO5. The molecule has 0 bridgehead atoms. The molecule has 1 fully saturated rings. The maximum atomic E-state index is 13.1. The molecule has 0 atom stereocenters. The van der Waals surface area contributed by atoms with E-state index in [0.717, 1.165) is 18.4 Å². The SMILES string of the molecule is CCOc1cc(C(=O)NC2(c3ccc(F)cc3)CC2)ccc1OCC(=O)O. The van der Waals surface area contributed by atoms with Crippen LogP contribution in [0.5, 0.6) is 11.5 Å². The summed E-state index contributed by atoms with van der Waals surface area (Å²) >= 11 is 0. The minimum absolute atomic E-state index is 0.260. The van der Waals surface area contributed by atoms with Crippen LogP contribution in [0.15, 0.2) is 42.5 Å². The van der Waals surface area contributed by atoms with Gasteiger partial charge in [0.15, 0.2) is 18.1 Å². The number of carboxylic acids is 1. The standard InChI is InChI=1S/C20H20FNO5/c1-2-26-17-11-13(3-8-16(17)27-12-18(23)24)19(25)22-20(9-10-20)14-4-6-15(21)7-5-14/h3-8,11H,2,9-10,12H2,1H3,(H,22,25)(H,23,24). The van der Waals surface area contributed by atoms with Gasteiger partial charge >= 0.3 is 5.97 Å². The smallest absolute Gasteiger partial charge is 0.341 e. The molecule has 0 spiro atoms. The maximum Gasteiger partial charge on any atom is 0.341 e. The summed E-state index contributed by atoms with van der Waals surface area (Å²) in [6.45, 7) is 1.62. The predicted molar refractivity (Wildman–Crippen MR) is 95.5 cm³/mol. The van der Waals surface area contributed by atoms with E-state index < -0.39 is 18.1 Å². The number of aliphatic carboxylic acids is 1. The molecule has 0 unspecified atom stereocenters. The number of carbonyl (C=O) groups is 2. The number of carboxylic acid groups (broad SMARTS) is 1. The lowest BCUT2D eigenvalue weighted by molar-refractivity contribution is -0.139. The van der Waals surface area contributed by atoms with E-state index in [0.29, 0.717) is 17.9 Å². The summed E-state index contributed by atoms with van der Waals surface area (Å²) in [6, 6.07) is 10.7. The molecule has 3 rings (SSSR count). The molecule has 7 heteroatoms. The first-order valence-electron chi connectivity index (χ1n) is 8.63. The van der Waals surface area contributed by atoms with Crippen molar-refractivity contribution in [1.29, 1.82) is 0 Å². The number of amides is 1. The van der Waals surface area contributed by atoms with Crippen LogP contribution >= 0.6 is 0 Å². The summed E-state index contributed by atoms with van der Waals surface area (Å²) in [6.07, 6.45) is 1.56. The Kier molecular flexibility index (Phi) is 5.30. The Bertz CT molecular complexity index is 846. The van der Waals surface area contributed by atoms with Gasteiger partial charge in [-0.05, 0) is 55.7 Å². The van der Waals surface area contributed by atoms with E-state index in [2.05, 4.69) is 5.32 Å². The third-order valence-corrected chi connectivity index (χ3v) is 4.36. The van der Waals surface area contributed by atoms with Crippen molar-refractivity contribution in [3.63, 3.8) is 0 Å². The summed E-state index contributed by atoms with van der Waals surface area (Å²) in [5.74, 6) is -1.15. The molecule has 6 nitrogen and oxygen atoms in total. The Hall–Kier alpha value is -3.09. The van der Waals surface area contributed by atoms with Crippen molar-refractivity contribution in [1.82, 2.24) is 5.32 Å². The molecule has 0 heterocycles. The topological polar surface area (TPSA) is 84.9 Å². The number of nitrogens with one attached hydrogen (secondary N) is 1. The lowest BCUT2D eigenvalue weighted by atomic mass is 10.0. The molecule has 0 aromatic heterocycles.